The molecule has 0 aliphatic carbocycles. The van der Waals surface area contributed by atoms with E-state index in [2.05, 4.69) is 44.3 Å². The molecule has 48 heavy (non-hydrogen) atoms. The summed E-state index contributed by atoms with van der Waals surface area (Å²) < 4.78 is 67.3. The summed E-state index contributed by atoms with van der Waals surface area (Å²) in [5.41, 5.74) is 6.26. The van der Waals surface area contributed by atoms with E-state index < -0.39 is 30.3 Å². The Morgan fingerprint density at radius 1 is 1.15 bits per heavy atom. The molecule has 14 heteroatoms. The van der Waals surface area contributed by atoms with Gasteiger partial charge in [-0.2, -0.15) is 15.2 Å². The van der Waals surface area contributed by atoms with Gasteiger partial charge in [-0.3, -0.25) is 10.2 Å². The molecule has 0 amide bonds. The van der Waals surface area contributed by atoms with E-state index >= 15 is 8.78 Å². The minimum atomic E-state index is -1.78. The average molecular weight is 685 g/mol. The number of nitrogen functional groups attached to an aromatic ring is 1. The van der Waals surface area contributed by atoms with E-state index in [9.17, 15) is 14.0 Å². The lowest BCUT2D eigenvalue weighted by Crippen LogP contribution is -2.44. The molecule has 3 atom stereocenters. The Balaban J connectivity index is 0.00000129. The van der Waals surface area contributed by atoms with Crippen LogP contribution in [-0.4, -0.2) is 63.7 Å². The molecule has 4 N–H and O–H groups in total. The number of nitriles is 1. The molecule has 0 bridgehead atoms. The second-order valence-electron chi connectivity index (χ2n) is 12.7. The number of nitrogens with two attached hydrogens (primary N) is 1. The molecule has 0 saturated carbocycles. The Hall–Kier alpha value is -3.80. The summed E-state index contributed by atoms with van der Waals surface area (Å²) in [5, 5.41) is 15.7. The van der Waals surface area contributed by atoms with Gasteiger partial charge in [-0.05, 0) is 70.2 Å². The maximum atomic E-state index is 16.7. The van der Waals surface area contributed by atoms with Gasteiger partial charge in [0.1, 0.15) is 40.5 Å². The van der Waals surface area contributed by atoms with Crippen LogP contribution < -0.4 is 21.1 Å². The first-order valence-corrected chi connectivity index (χ1v) is 17.5. The van der Waals surface area contributed by atoms with Crippen LogP contribution in [0.3, 0.4) is 0 Å². The lowest BCUT2D eigenvalue weighted by atomic mass is 9.95. The molecule has 3 aromatic heterocycles. The zero-order valence-corrected chi connectivity index (χ0v) is 28.1. The molecule has 2 saturated heterocycles. The third-order valence-electron chi connectivity index (χ3n) is 9.37. The number of halogens is 4. The highest BCUT2D eigenvalue weighted by molar-refractivity contribution is 7.23. The highest BCUT2D eigenvalue weighted by atomic mass is 32.1. The van der Waals surface area contributed by atoms with Crippen molar-refractivity contribution in [2.24, 2.45) is 0 Å². The first-order valence-electron chi connectivity index (χ1n) is 16.6. The predicted molar refractivity (Wildman–Crippen MR) is 180 cm³/mol. The number of pyridine rings is 1. The lowest BCUT2D eigenvalue weighted by molar-refractivity contribution is 0.108. The van der Waals surface area contributed by atoms with Gasteiger partial charge in [0.05, 0.1) is 32.9 Å². The second kappa shape index (κ2) is 14.0. The molecule has 1 aromatic carbocycles. The van der Waals surface area contributed by atoms with Gasteiger partial charge in [0.2, 0.25) is 0 Å². The van der Waals surface area contributed by atoms with Crippen molar-refractivity contribution < 1.29 is 22.3 Å². The topological polar surface area (TPSA) is 125 Å². The number of benzene rings is 1. The number of fused-ring (bicyclic) bond motifs is 2. The lowest BCUT2D eigenvalue weighted by Gasteiger charge is -2.31. The summed E-state index contributed by atoms with van der Waals surface area (Å²) >= 11 is 0.904. The van der Waals surface area contributed by atoms with Crippen LogP contribution in [0.1, 0.15) is 77.0 Å². The van der Waals surface area contributed by atoms with Gasteiger partial charge in [-0.25, -0.2) is 22.5 Å². The number of thiophene rings is 1. The zero-order valence-electron chi connectivity index (χ0n) is 27.3. The molecule has 0 radical (unpaired) electrons. The molecular formula is C34H40F4N8OS. The number of nitrogens with zero attached hydrogens (tertiary/aromatic N) is 5. The first-order chi connectivity index (χ1) is 23.1. The van der Waals surface area contributed by atoms with E-state index in [1.54, 1.807) is 6.92 Å². The smallest absolute Gasteiger partial charge is 0.319 e. The average Bonchev–Trinajstić information content (AvgIpc) is 3.72. The highest BCUT2D eigenvalue weighted by Gasteiger charge is 2.45. The fourth-order valence-electron chi connectivity index (χ4n) is 7.08. The summed E-state index contributed by atoms with van der Waals surface area (Å²) in [4.78, 5) is 16.1. The van der Waals surface area contributed by atoms with E-state index in [1.165, 1.54) is 18.6 Å². The molecule has 256 valence electrons. The number of rotatable bonds is 8. The number of ether oxygens (including phenoxy) is 1. The molecule has 4 aromatic rings. The summed E-state index contributed by atoms with van der Waals surface area (Å²) in [7, 11) is 0. The van der Waals surface area contributed by atoms with E-state index in [-0.39, 0.29) is 79.4 Å². The quantitative estimate of drug-likeness (QED) is 0.129. The third-order valence-corrected chi connectivity index (χ3v) is 10.4. The van der Waals surface area contributed by atoms with Crippen LogP contribution in [-0.2, 0) is 6.42 Å². The SMILES string of the molecule is CCC.CCC(F)NC(F)C1CCc2nc(-c3ccc(F)c4sc(N)c(C#N)c34)c(F)c3nc(OCC45CCCN4CCC5)nc(c23)N1. The largest absolute Gasteiger partial charge is 0.461 e. The van der Waals surface area contributed by atoms with E-state index in [0.29, 0.717) is 12.3 Å². The number of anilines is 2. The maximum Gasteiger partial charge on any atom is 0.319 e. The minimum Gasteiger partial charge on any atom is -0.461 e. The fraction of sp³-hybridized carbons (Fsp3) is 0.529. The van der Waals surface area contributed by atoms with Gasteiger partial charge in [0, 0.05) is 10.9 Å². The number of aryl methyl sites for hydroxylation is 1. The van der Waals surface area contributed by atoms with Crippen LogP contribution in [0.4, 0.5) is 28.4 Å². The Labute approximate surface area is 280 Å². The standard InChI is InChI=1S/C31H32F4N8OS.C3H8/c1-2-20(33)40-27(35)19-8-7-18-22-25(41-30(42-29(22)39-19)44-14-31-9-3-11-43(31)12-4-10-31)23(34)24(38-18)15-5-6-17(32)26-21(15)16(13-36)28(37)45-26;1-3-2/h5-6,19-20,27,40H,2-4,7-12,14,37H2,1H3,(H,39,41,42);3H2,1-2H3. The van der Waals surface area contributed by atoms with Crippen LogP contribution in [0.5, 0.6) is 6.01 Å². The Morgan fingerprint density at radius 2 is 1.88 bits per heavy atom. The number of hydrogen-bond acceptors (Lipinski definition) is 10. The van der Waals surface area contributed by atoms with E-state index in [4.69, 9.17) is 10.5 Å². The van der Waals surface area contributed by atoms with Gasteiger partial charge in [-0.1, -0.05) is 27.2 Å². The van der Waals surface area contributed by atoms with E-state index in [1.807, 2.05) is 6.07 Å². The van der Waals surface area contributed by atoms with E-state index in [0.717, 1.165) is 50.1 Å². The predicted octanol–water partition coefficient (Wildman–Crippen LogP) is 7.38. The molecule has 3 unspecified atom stereocenters. The summed E-state index contributed by atoms with van der Waals surface area (Å²) in [6.07, 6.45) is 2.44. The normalized spacial score (nSPS) is 19.6. The van der Waals surface area contributed by atoms with Crippen molar-refractivity contribution in [2.45, 2.75) is 96.3 Å². The molecular weight excluding hydrogens is 644 g/mol. The van der Waals surface area contributed by atoms with Crippen LogP contribution >= 0.6 is 11.3 Å². The Morgan fingerprint density at radius 3 is 2.56 bits per heavy atom. The van der Waals surface area contributed by atoms with Crippen molar-refractivity contribution in [1.82, 2.24) is 25.2 Å². The molecule has 2 fully saturated rings. The van der Waals surface area contributed by atoms with Gasteiger partial charge in [-0.15, -0.1) is 11.3 Å². The second-order valence-corrected chi connectivity index (χ2v) is 13.8. The van der Waals surface area contributed by atoms with Gasteiger partial charge in [0.15, 0.2) is 18.4 Å². The number of nitrogens with one attached hydrogen (secondary N) is 2. The minimum absolute atomic E-state index is 0.0331. The van der Waals surface area contributed by atoms with Gasteiger partial charge >= 0.3 is 6.01 Å². The summed E-state index contributed by atoms with van der Waals surface area (Å²) in [6, 6.07) is 3.56. The summed E-state index contributed by atoms with van der Waals surface area (Å²) in [6.45, 7) is 8.16. The van der Waals surface area contributed by atoms with Crippen molar-refractivity contribution >= 4 is 43.1 Å². The molecule has 0 spiro atoms. The van der Waals surface area contributed by atoms with Gasteiger partial charge < -0.3 is 15.8 Å². The van der Waals surface area contributed by atoms with Crippen LogP contribution in [0, 0.1) is 23.0 Å². The number of alkyl halides is 2. The van der Waals surface area contributed by atoms with Crippen molar-refractivity contribution in [3.05, 3.63) is 35.0 Å². The van der Waals surface area contributed by atoms with Crippen LogP contribution in [0.2, 0.25) is 0 Å². The Kier molecular flexibility index (Phi) is 9.92. The molecule has 9 nitrogen and oxygen atoms in total. The van der Waals surface area contributed by atoms with Crippen molar-refractivity contribution in [3.8, 4) is 23.3 Å². The molecule has 6 heterocycles. The first kappa shape index (κ1) is 34.1. The zero-order chi connectivity index (χ0) is 34.2. The van der Waals surface area contributed by atoms with Crippen molar-refractivity contribution in [3.63, 3.8) is 0 Å². The highest BCUT2D eigenvalue weighted by Crippen LogP contribution is 2.44. The van der Waals surface area contributed by atoms with Crippen molar-refractivity contribution in [2.75, 3.05) is 30.7 Å². The summed E-state index contributed by atoms with van der Waals surface area (Å²) in [5.74, 6) is -1.28. The van der Waals surface area contributed by atoms with Gasteiger partial charge in [0.25, 0.3) is 0 Å². The molecule has 3 aliphatic rings. The monoisotopic (exact) mass is 684 g/mol. The Bertz CT molecular complexity index is 1850. The maximum absolute atomic E-state index is 16.7. The number of hydrogen-bond donors (Lipinski definition) is 3. The third kappa shape index (κ3) is 6.12. The van der Waals surface area contributed by atoms with Crippen LogP contribution in [0.25, 0.3) is 32.2 Å². The molecule has 3 aliphatic heterocycles. The van der Waals surface area contributed by atoms with Crippen molar-refractivity contribution in [1.29, 1.82) is 5.26 Å². The molecule has 7 rings (SSSR count). The fourth-order valence-corrected chi connectivity index (χ4v) is 8.03. The van der Waals surface area contributed by atoms with Crippen LogP contribution in [0.15, 0.2) is 12.1 Å². The number of aromatic nitrogens is 3.